The van der Waals surface area contributed by atoms with Gasteiger partial charge in [-0.1, -0.05) is 19.3 Å². The molecule has 0 aromatic carbocycles. The van der Waals surface area contributed by atoms with Crippen LogP contribution in [0.5, 0.6) is 0 Å². The van der Waals surface area contributed by atoms with Crippen LogP contribution < -0.4 is 5.43 Å². The second-order valence-corrected chi connectivity index (χ2v) is 7.06. The highest BCUT2D eigenvalue weighted by molar-refractivity contribution is 5.83. The number of nitrogens with one attached hydrogen (secondary N) is 1. The average molecular weight is 376 g/mol. The molecule has 1 aliphatic heterocycles. The molecule has 0 unspecified atom stereocenters. The summed E-state index contributed by atoms with van der Waals surface area (Å²) in [6.07, 6.45) is 6.72. The van der Waals surface area contributed by atoms with E-state index in [1.54, 1.807) is 0 Å². The molecular formula is C17H24N6O4. The molecule has 0 spiro atoms. The first-order valence-corrected chi connectivity index (χ1v) is 9.28. The largest absolute Gasteiger partial charge is 0.394 e. The van der Waals surface area contributed by atoms with Crippen LogP contribution >= 0.6 is 0 Å². The van der Waals surface area contributed by atoms with Crippen molar-refractivity contribution in [1.82, 2.24) is 19.5 Å². The molecule has 0 radical (unpaired) electrons. The number of fused-ring (bicyclic) bond motifs is 1. The van der Waals surface area contributed by atoms with Crippen molar-refractivity contribution >= 4 is 23.2 Å². The maximum Gasteiger partial charge on any atom is 0.177 e. The Morgan fingerprint density at radius 1 is 1.19 bits per heavy atom. The third-order valence-electron chi connectivity index (χ3n) is 5.26. The van der Waals surface area contributed by atoms with Crippen molar-refractivity contribution in [3.8, 4) is 0 Å². The first-order chi connectivity index (χ1) is 13.2. The molecule has 0 amide bonds. The van der Waals surface area contributed by atoms with Crippen molar-refractivity contribution in [2.45, 2.75) is 56.6 Å². The van der Waals surface area contributed by atoms with Crippen molar-refractivity contribution in [1.29, 1.82) is 0 Å². The highest BCUT2D eigenvalue weighted by atomic mass is 16.6. The number of hydrazone groups is 1. The topological polar surface area (TPSA) is 138 Å². The summed E-state index contributed by atoms with van der Waals surface area (Å²) in [5.74, 6) is 0.942. The van der Waals surface area contributed by atoms with Gasteiger partial charge in [-0.05, 0) is 18.8 Å². The van der Waals surface area contributed by atoms with Crippen LogP contribution in [0.4, 0.5) is 5.82 Å². The van der Waals surface area contributed by atoms with E-state index in [2.05, 4.69) is 25.5 Å². The summed E-state index contributed by atoms with van der Waals surface area (Å²) in [6, 6.07) is 0. The Labute approximate surface area is 155 Å². The van der Waals surface area contributed by atoms with Gasteiger partial charge in [0.25, 0.3) is 0 Å². The van der Waals surface area contributed by atoms with Crippen LogP contribution in [0, 0.1) is 5.92 Å². The maximum atomic E-state index is 10.2. The Kier molecular flexibility index (Phi) is 5.30. The van der Waals surface area contributed by atoms with E-state index in [1.807, 2.05) is 6.21 Å². The first-order valence-electron chi connectivity index (χ1n) is 9.28. The summed E-state index contributed by atoms with van der Waals surface area (Å²) < 4.78 is 7.07. The van der Waals surface area contributed by atoms with E-state index in [9.17, 15) is 15.3 Å². The zero-order valence-electron chi connectivity index (χ0n) is 14.8. The lowest BCUT2D eigenvalue weighted by atomic mass is 9.90. The van der Waals surface area contributed by atoms with E-state index in [4.69, 9.17) is 4.74 Å². The maximum absolute atomic E-state index is 10.2. The molecule has 4 atom stereocenters. The fourth-order valence-electron chi connectivity index (χ4n) is 3.72. The second-order valence-electron chi connectivity index (χ2n) is 7.06. The lowest BCUT2D eigenvalue weighted by Gasteiger charge is -2.17. The number of aromatic nitrogens is 4. The Morgan fingerprint density at radius 2 is 2.00 bits per heavy atom. The van der Waals surface area contributed by atoms with Crippen LogP contribution in [0.3, 0.4) is 0 Å². The molecule has 4 N–H and O–H groups in total. The van der Waals surface area contributed by atoms with Gasteiger partial charge < -0.3 is 20.1 Å². The van der Waals surface area contributed by atoms with Crippen LogP contribution in [-0.2, 0) is 4.74 Å². The molecule has 2 aliphatic rings. The van der Waals surface area contributed by atoms with Crippen LogP contribution in [0.2, 0.25) is 0 Å². The lowest BCUT2D eigenvalue weighted by molar-refractivity contribution is -0.0511. The number of anilines is 1. The second kappa shape index (κ2) is 7.85. The Morgan fingerprint density at radius 3 is 2.74 bits per heavy atom. The summed E-state index contributed by atoms with van der Waals surface area (Å²) in [5, 5.41) is 33.8. The number of hydrogen-bond acceptors (Lipinski definition) is 9. The molecule has 3 heterocycles. The van der Waals surface area contributed by atoms with Crippen LogP contribution in [-0.4, -0.2) is 66.0 Å². The third kappa shape index (κ3) is 3.53. The molecule has 10 heteroatoms. The molecule has 146 valence electrons. The molecule has 1 saturated carbocycles. The van der Waals surface area contributed by atoms with Crippen molar-refractivity contribution in [3.05, 3.63) is 12.7 Å². The lowest BCUT2D eigenvalue weighted by Crippen LogP contribution is -2.33. The van der Waals surface area contributed by atoms with Crippen molar-refractivity contribution in [2.24, 2.45) is 11.0 Å². The number of imidazole rings is 1. The van der Waals surface area contributed by atoms with Gasteiger partial charge in [-0.25, -0.2) is 15.0 Å². The van der Waals surface area contributed by atoms with Gasteiger partial charge in [0.05, 0.1) is 12.9 Å². The number of rotatable bonds is 5. The zero-order valence-corrected chi connectivity index (χ0v) is 14.8. The minimum Gasteiger partial charge on any atom is -0.394 e. The van der Waals surface area contributed by atoms with Gasteiger partial charge in [0.2, 0.25) is 0 Å². The molecule has 27 heavy (non-hydrogen) atoms. The van der Waals surface area contributed by atoms with E-state index in [1.165, 1.54) is 36.5 Å². The van der Waals surface area contributed by atoms with E-state index in [0.29, 0.717) is 22.9 Å². The Bertz CT molecular complexity index is 806. The molecule has 2 aromatic heterocycles. The monoisotopic (exact) mass is 376 g/mol. The zero-order chi connectivity index (χ0) is 18.8. The Balaban J connectivity index is 1.54. The molecule has 4 rings (SSSR count). The summed E-state index contributed by atoms with van der Waals surface area (Å²) in [4.78, 5) is 12.7. The number of aliphatic hydroxyl groups excluding tert-OH is 3. The quantitative estimate of drug-likeness (QED) is 0.435. The first kappa shape index (κ1) is 18.2. The summed E-state index contributed by atoms with van der Waals surface area (Å²) in [7, 11) is 0. The number of aliphatic hydroxyl groups is 3. The van der Waals surface area contributed by atoms with Gasteiger partial charge in [0, 0.05) is 6.21 Å². The smallest absolute Gasteiger partial charge is 0.177 e. The summed E-state index contributed by atoms with van der Waals surface area (Å²) >= 11 is 0. The van der Waals surface area contributed by atoms with Gasteiger partial charge in [0.15, 0.2) is 23.2 Å². The minimum atomic E-state index is -1.20. The van der Waals surface area contributed by atoms with Gasteiger partial charge >= 0.3 is 0 Å². The molecule has 2 aromatic rings. The summed E-state index contributed by atoms with van der Waals surface area (Å²) in [6.45, 7) is -0.390. The molecule has 1 aliphatic carbocycles. The fourth-order valence-corrected chi connectivity index (χ4v) is 3.72. The molecule has 2 fully saturated rings. The standard InChI is InChI=1S/C17H24N6O4/c24-7-11-13(25)14(26)17(27-11)23-9-20-12-15(18-8-19-16(12)23)22-21-6-10-4-2-1-3-5-10/h6,8-11,13-14,17,24-26H,1-5,7H2,(H,18,19,22)/t11-,13-,14-,17-/m1/s1. The minimum absolute atomic E-state index is 0.390. The number of ether oxygens (including phenoxy) is 1. The van der Waals surface area contributed by atoms with Crippen LogP contribution in [0.25, 0.3) is 11.2 Å². The van der Waals surface area contributed by atoms with E-state index in [-0.39, 0.29) is 6.61 Å². The molecular weight excluding hydrogens is 352 g/mol. The molecule has 1 saturated heterocycles. The van der Waals surface area contributed by atoms with Crippen molar-refractivity contribution < 1.29 is 20.1 Å². The Hall–Kier alpha value is -2.14. The normalized spacial score (nSPS) is 29.7. The molecule has 0 bridgehead atoms. The molecule has 10 nitrogen and oxygen atoms in total. The van der Waals surface area contributed by atoms with Gasteiger partial charge in [-0.3, -0.25) is 9.99 Å². The van der Waals surface area contributed by atoms with Gasteiger partial charge in [-0.15, -0.1) is 0 Å². The highest BCUT2D eigenvalue weighted by Gasteiger charge is 2.44. The number of nitrogens with zero attached hydrogens (tertiary/aromatic N) is 5. The summed E-state index contributed by atoms with van der Waals surface area (Å²) in [5.41, 5.74) is 3.85. The number of hydrogen-bond donors (Lipinski definition) is 4. The third-order valence-corrected chi connectivity index (χ3v) is 5.26. The van der Waals surface area contributed by atoms with Gasteiger partial charge in [-0.2, -0.15) is 5.10 Å². The fraction of sp³-hybridized carbons (Fsp3) is 0.647. The van der Waals surface area contributed by atoms with Crippen molar-refractivity contribution in [2.75, 3.05) is 12.0 Å². The predicted molar refractivity (Wildman–Crippen MR) is 97.0 cm³/mol. The van der Waals surface area contributed by atoms with Crippen LogP contribution in [0.15, 0.2) is 17.8 Å². The SMILES string of the molecule is OC[C@H]1O[C@@H](n2cnc3c(NN=CC4CCCCC4)ncnc32)[C@H](O)[C@@H]1O. The van der Waals surface area contributed by atoms with E-state index >= 15 is 0 Å². The van der Waals surface area contributed by atoms with E-state index in [0.717, 1.165) is 12.8 Å². The average Bonchev–Trinajstić information content (AvgIpc) is 3.25. The van der Waals surface area contributed by atoms with Gasteiger partial charge in [0.1, 0.15) is 24.6 Å². The van der Waals surface area contributed by atoms with E-state index < -0.39 is 24.5 Å². The van der Waals surface area contributed by atoms with Crippen molar-refractivity contribution in [3.63, 3.8) is 0 Å². The van der Waals surface area contributed by atoms with Crippen LogP contribution in [0.1, 0.15) is 38.3 Å². The highest BCUT2D eigenvalue weighted by Crippen LogP contribution is 2.32. The predicted octanol–water partition coefficient (Wildman–Crippen LogP) is 0.416.